The van der Waals surface area contributed by atoms with Crippen LogP contribution in [0.15, 0.2) is 5.16 Å². The maximum atomic E-state index is 11.7. The van der Waals surface area contributed by atoms with E-state index in [1.807, 2.05) is 0 Å². The van der Waals surface area contributed by atoms with E-state index >= 15 is 0 Å². The van der Waals surface area contributed by atoms with Crippen LogP contribution in [0.2, 0.25) is 0 Å². The number of likely N-dealkylation sites (N-methyl/N-ethyl adjacent to an activating group) is 1. The topological polar surface area (TPSA) is 105 Å². The van der Waals surface area contributed by atoms with E-state index in [-0.39, 0.29) is 18.2 Å². The highest BCUT2D eigenvalue weighted by molar-refractivity contribution is 7.89. The fourth-order valence-corrected chi connectivity index (χ4v) is 2.17. The maximum Gasteiger partial charge on any atom is 0.216 e. The Morgan fingerprint density at radius 1 is 1.62 bits per heavy atom. The Bertz CT molecular complexity index is 328. The molecular formula is C8H19N3O4S. The van der Waals surface area contributed by atoms with Gasteiger partial charge in [-0.05, 0) is 13.8 Å². The summed E-state index contributed by atoms with van der Waals surface area (Å²) >= 11 is 0. The SMILES string of the molecule is CCOCCS(=O)(=O)N(C)C(C)C(N)=NO. The zero-order valence-corrected chi connectivity index (χ0v) is 10.6. The standard InChI is InChI=1S/C8H19N3O4S/c1-4-15-5-6-16(13,14)11(3)7(2)8(9)10-12/h7,12H,4-6H2,1-3H3,(H2,9,10). The third-order valence-corrected chi connectivity index (χ3v) is 4.09. The minimum absolute atomic E-state index is 0.125. The van der Waals surface area contributed by atoms with Crippen LogP contribution in [0.25, 0.3) is 0 Å². The number of amidine groups is 1. The lowest BCUT2D eigenvalue weighted by atomic mass is 10.3. The highest BCUT2D eigenvalue weighted by Crippen LogP contribution is 2.05. The van der Waals surface area contributed by atoms with Gasteiger partial charge in [0, 0.05) is 13.7 Å². The molecule has 0 rings (SSSR count). The largest absolute Gasteiger partial charge is 0.409 e. The third-order valence-electron chi connectivity index (χ3n) is 2.22. The van der Waals surface area contributed by atoms with E-state index in [1.54, 1.807) is 6.92 Å². The molecule has 0 aliphatic carbocycles. The number of sulfonamides is 1. The molecule has 0 spiro atoms. The van der Waals surface area contributed by atoms with Crippen molar-refractivity contribution < 1.29 is 18.4 Å². The van der Waals surface area contributed by atoms with Crippen LogP contribution in [0, 0.1) is 0 Å². The van der Waals surface area contributed by atoms with Gasteiger partial charge in [0.15, 0.2) is 5.84 Å². The Kier molecular flexibility index (Phi) is 6.31. The molecule has 1 unspecified atom stereocenters. The average molecular weight is 253 g/mol. The van der Waals surface area contributed by atoms with Gasteiger partial charge in [-0.1, -0.05) is 5.16 Å². The number of rotatable bonds is 7. The fourth-order valence-electron chi connectivity index (χ4n) is 0.963. The highest BCUT2D eigenvalue weighted by Gasteiger charge is 2.25. The van der Waals surface area contributed by atoms with Crippen LogP contribution in [-0.4, -0.2) is 55.8 Å². The van der Waals surface area contributed by atoms with Gasteiger partial charge < -0.3 is 15.7 Å². The highest BCUT2D eigenvalue weighted by atomic mass is 32.2. The second-order valence-corrected chi connectivity index (χ2v) is 5.38. The summed E-state index contributed by atoms with van der Waals surface area (Å²) in [6.07, 6.45) is 0. The number of hydrogen-bond acceptors (Lipinski definition) is 5. The number of oxime groups is 1. The summed E-state index contributed by atoms with van der Waals surface area (Å²) in [4.78, 5) is 0. The third kappa shape index (κ3) is 4.33. The quantitative estimate of drug-likeness (QED) is 0.208. The summed E-state index contributed by atoms with van der Waals surface area (Å²) in [5, 5.41) is 11.2. The molecular weight excluding hydrogens is 234 g/mol. The Morgan fingerprint density at radius 3 is 2.62 bits per heavy atom. The van der Waals surface area contributed by atoms with Crippen LogP contribution in [0.1, 0.15) is 13.8 Å². The van der Waals surface area contributed by atoms with Crippen molar-refractivity contribution in [2.75, 3.05) is 26.0 Å². The van der Waals surface area contributed by atoms with E-state index in [9.17, 15) is 8.42 Å². The zero-order valence-electron chi connectivity index (χ0n) is 9.75. The molecule has 8 heteroatoms. The smallest absolute Gasteiger partial charge is 0.216 e. The Labute approximate surface area is 95.9 Å². The van der Waals surface area contributed by atoms with E-state index in [1.165, 1.54) is 14.0 Å². The molecule has 0 aromatic heterocycles. The lowest BCUT2D eigenvalue weighted by Crippen LogP contribution is -2.45. The molecule has 3 N–H and O–H groups in total. The summed E-state index contributed by atoms with van der Waals surface area (Å²) in [6, 6.07) is -0.684. The summed E-state index contributed by atoms with van der Waals surface area (Å²) in [5.41, 5.74) is 5.33. The van der Waals surface area contributed by atoms with Gasteiger partial charge in [-0.15, -0.1) is 0 Å². The van der Waals surface area contributed by atoms with E-state index in [2.05, 4.69) is 5.16 Å². The van der Waals surface area contributed by atoms with Crippen LogP contribution in [0.4, 0.5) is 0 Å². The summed E-state index contributed by atoms with van der Waals surface area (Å²) < 4.78 is 29.5. The normalized spacial score (nSPS) is 15.4. The molecule has 0 aromatic carbocycles. The number of nitrogens with zero attached hydrogens (tertiary/aromatic N) is 2. The van der Waals surface area contributed by atoms with Crippen molar-refractivity contribution in [3.63, 3.8) is 0 Å². The predicted molar refractivity (Wildman–Crippen MR) is 60.9 cm³/mol. The van der Waals surface area contributed by atoms with Crippen molar-refractivity contribution in [1.29, 1.82) is 0 Å². The molecule has 0 bridgehead atoms. The minimum atomic E-state index is -3.45. The molecule has 7 nitrogen and oxygen atoms in total. The molecule has 16 heavy (non-hydrogen) atoms. The Hall–Kier alpha value is -0.860. The van der Waals surface area contributed by atoms with Crippen molar-refractivity contribution in [1.82, 2.24) is 4.31 Å². The van der Waals surface area contributed by atoms with E-state index in [4.69, 9.17) is 15.7 Å². The molecule has 0 saturated carbocycles. The fraction of sp³-hybridized carbons (Fsp3) is 0.875. The molecule has 0 radical (unpaired) electrons. The van der Waals surface area contributed by atoms with Crippen molar-refractivity contribution >= 4 is 15.9 Å². The Balaban J connectivity index is 4.51. The van der Waals surface area contributed by atoms with E-state index in [0.717, 1.165) is 4.31 Å². The van der Waals surface area contributed by atoms with Crippen LogP contribution < -0.4 is 5.73 Å². The second kappa shape index (κ2) is 6.66. The molecule has 1 atom stereocenters. The maximum absolute atomic E-state index is 11.7. The van der Waals surface area contributed by atoms with Gasteiger partial charge in [-0.3, -0.25) is 0 Å². The van der Waals surface area contributed by atoms with E-state index in [0.29, 0.717) is 6.61 Å². The molecule has 96 valence electrons. The van der Waals surface area contributed by atoms with Gasteiger partial charge in [0.2, 0.25) is 10.0 Å². The number of ether oxygens (including phenoxy) is 1. The Morgan fingerprint density at radius 2 is 2.19 bits per heavy atom. The molecule has 0 aromatic rings. The van der Waals surface area contributed by atoms with Gasteiger partial charge in [-0.2, -0.15) is 4.31 Å². The molecule has 0 fully saturated rings. The first-order valence-corrected chi connectivity index (χ1v) is 6.48. The van der Waals surface area contributed by atoms with E-state index < -0.39 is 16.1 Å². The lowest BCUT2D eigenvalue weighted by Gasteiger charge is -2.22. The van der Waals surface area contributed by atoms with Gasteiger partial charge in [-0.25, -0.2) is 8.42 Å². The summed E-state index contributed by atoms with van der Waals surface area (Å²) in [7, 11) is -2.07. The van der Waals surface area contributed by atoms with Crippen molar-refractivity contribution in [3.05, 3.63) is 0 Å². The number of hydrogen-bond donors (Lipinski definition) is 2. The number of nitrogens with two attached hydrogens (primary N) is 1. The first-order chi connectivity index (χ1) is 7.36. The summed E-state index contributed by atoms with van der Waals surface area (Å²) in [5.74, 6) is -0.275. The lowest BCUT2D eigenvalue weighted by molar-refractivity contribution is 0.162. The van der Waals surface area contributed by atoms with Crippen LogP contribution >= 0.6 is 0 Å². The molecule has 0 aliphatic rings. The minimum Gasteiger partial charge on any atom is -0.409 e. The predicted octanol–water partition coefficient (Wildman–Crippen LogP) is -0.581. The first kappa shape index (κ1) is 15.1. The average Bonchev–Trinajstić information content (AvgIpc) is 2.26. The van der Waals surface area contributed by atoms with Crippen molar-refractivity contribution in [2.24, 2.45) is 10.9 Å². The van der Waals surface area contributed by atoms with Crippen molar-refractivity contribution in [3.8, 4) is 0 Å². The molecule has 0 aliphatic heterocycles. The molecule has 0 amide bonds. The second-order valence-electron chi connectivity index (χ2n) is 3.23. The molecule has 0 heterocycles. The van der Waals surface area contributed by atoms with Gasteiger partial charge in [0.05, 0.1) is 18.4 Å². The van der Waals surface area contributed by atoms with Crippen LogP contribution in [0.5, 0.6) is 0 Å². The zero-order chi connectivity index (χ0) is 12.8. The van der Waals surface area contributed by atoms with Gasteiger partial charge >= 0.3 is 0 Å². The first-order valence-electron chi connectivity index (χ1n) is 4.87. The van der Waals surface area contributed by atoms with Crippen molar-refractivity contribution in [2.45, 2.75) is 19.9 Å². The monoisotopic (exact) mass is 253 g/mol. The van der Waals surface area contributed by atoms with Crippen LogP contribution in [0.3, 0.4) is 0 Å². The van der Waals surface area contributed by atoms with Gasteiger partial charge in [0.25, 0.3) is 0 Å². The molecule has 0 saturated heterocycles. The summed E-state index contributed by atoms with van der Waals surface area (Å²) in [6.45, 7) is 3.92. The van der Waals surface area contributed by atoms with Crippen LogP contribution in [-0.2, 0) is 14.8 Å². The van der Waals surface area contributed by atoms with Gasteiger partial charge in [0.1, 0.15) is 0 Å².